The Morgan fingerprint density at radius 3 is 2.43 bits per heavy atom. The topological polar surface area (TPSA) is 48.9 Å². The first-order valence-corrected chi connectivity index (χ1v) is 16.3. The van der Waals surface area contributed by atoms with Crippen LogP contribution in [0.1, 0.15) is 37.6 Å². The fourth-order valence-corrected chi connectivity index (χ4v) is 6.18. The van der Waals surface area contributed by atoms with Crippen LogP contribution < -0.4 is 0 Å². The van der Waals surface area contributed by atoms with Crippen LogP contribution in [0.5, 0.6) is 0 Å². The number of aromatic nitrogens is 1. The fraction of sp³-hybridized carbons (Fsp3) is 0.556. The zero-order valence-electron chi connectivity index (χ0n) is 21.8. The molecule has 35 heavy (non-hydrogen) atoms. The average Bonchev–Trinajstić information content (AvgIpc) is 3.13. The van der Waals surface area contributed by atoms with Crippen molar-refractivity contribution in [1.29, 1.82) is 0 Å². The summed E-state index contributed by atoms with van der Waals surface area (Å²) < 4.78 is 7.88. The number of carbonyl (C=O) groups excluding carboxylic acids is 1. The zero-order valence-corrected chi connectivity index (χ0v) is 24.3. The van der Waals surface area contributed by atoms with Gasteiger partial charge in [-0.3, -0.25) is 9.88 Å². The van der Waals surface area contributed by atoms with Gasteiger partial charge in [-0.1, -0.05) is 45.0 Å². The highest BCUT2D eigenvalue weighted by atomic mass is 79.9. The summed E-state index contributed by atoms with van der Waals surface area (Å²) in [6, 6.07) is 12.8. The molecule has 0 saturated carbocycles. The Bertz CT molecular complexity index is 1020. The summed E-state index contributed by atoms with van der Waals surface area (Å²) in [6.45, 7) is 16.9. The molecule has 1 atom stereocenters. The van der Waals surface area contributed by atoms with E-state index in [0.29, 0.717) is 13.1 Å². The number of amides is 2. The Balaban J connectivity index is 1.44. The number of carbonyl (C=O) groups is 1. The Morgan fingerprint density at radius 2 is 1.74 bits per heavy atom. The first kappa shape index (κ1) is 26.3. The number of fused-ring (bicyclic) bond motifs is 1. The zero-order chi connectivity index (χ0) is 25.2. The van der Waals surface area contributed by atoms with Gasteiger partial charge in [0.2, 0.25) is 0 Å². The molecule has 0 unspecified atom stereocenters. The molecule has 0 N–H and O–H groups in total. The number of pyridine rings is 1. The normalized spacial score (nSPS) is 18.2. The third kappa shape index (κ3) is 6.53. The summed E-state index contributed by atoms with van der Waals surface area (Å²) in [7, 11) is -1.99. The van der Waals surface area contributed by atoms with E-state index in [9.17, 15) is 4.79 Å². The van der Waals surface area contributed by atoms with Crippen LogP contribution in [0.3, 0.4) is 0 Å². The van der Waals surface area contributed by atoms with Crippen LogP contribution in [0.2, 0.25) is 18.1 Å². The molecule has 3 heterocycles. The molecule has 2 aliphatic heterocycles. The number of hydrogen-bond acceptors (Lipinski definition) is 4. The minimum atomic E-state index is -1.99. The predicted molar refractivity (Wildman–Crippen MR) is 147 cm³/mol. The van der Waals surface area contributed by atoms with Gasteiger partial charge in [0.1, 0.15) is 0 Å². The maximum atomic E-state index is 13.3. The van der Waals surface area contributed by atoms with Crippen molar-refractivity contribution >= 4 is 30.3 Å². The molecule has 1 aromatic heterocycles. The number of benzene rings is 1. The van der Waals surface area contributed by atoms with Gasteiger partial charge in [0.15, 0.2) is 8.32 Å². The molecule has 1 aromatic carbocycles. The molecular formula is C27H39BrN4O2Si. The third-order valence-electron chi connectivity index (χ3n) is 7.69. The van der Waals surface area contributed by atoms with E-state index in [0.717, 1.165) is 49.3 Å². The van der Waals surface area contributed by atoms with E-state index >= 15 is 0 Å². The SMILES string of the molecule is CC(C)(C)[Si](C)(C)O[C@H](CN1CCc2ccccc2C1)CN1CCN(Cc2ccc(Br)cn2)C1=O. The van der Waals surface area contributed by atoms with Crippen LogP contribution in [0, 0.1) is 0 Å². The molecule has 2 amide bonds. The van der Waals surface area contributed by atoms with Crippen molar-refractivity contribution in [1.82, 2.24) is 19.7 Å². The second-order valence-corrected chi connectivity index (χ2v) is 17.0. The molecule has 1 fully saturated rings. The quantitative estimate of drug-likeness (QED) is 0.399. The highest BCUT2D eigenvalue weighted by Gasteiger charge is 2.41. The van der Waals surface area contributed by atoms with E-state index in [2.05, 4.69) is 83.9 Å². The van der Waals surface area contributed by atoms with Crippen molar-refractivity contribution in [2.75, 3.05) is 32.7 Å². The minimum absolute atomic E-state index is 0.00383. The van der Waals surface area contributed by atoms with Gasteiger partial charge in [0.25, 0.3) is 0 Å². The van der Waals surface area contributed by atoms with Crippen LogP contribution in [-0.4, -0.2) is 72.9 Å². The smallest absolute Gasteiger partial charge is 0.320 e. The van der Waals surface area contributed by atoms with Crippen LogP contribution in [0.15, 0.2) is 47.1 Å². The number of rotatable bonds is 8. The van der Waals surface area contributed by atoms with E-state index < -0.39 is 8.32 Å². The van der Waals surface area contributed by atoms with Gasteiger partial charge >= 0.3 is 6.03 Å². The molecule has 0 radical (unpaired) electrons. The van der Waals surface area contributed by atoms with Crippen molar-refractivity contribution in [3.63, 3.8) is 0 Å². The minimum Gasteiger partial charge on any atom is -0.411 e. The first-order valence-electron chi connectivity index (χ1n) is 12.6. The molecule has 4 rings (SSSR count). The number of halogens is 1. The molecule has 6 nitrogen and oxygen atoms in total. The monoisotopic (exact) mass is 558 g/mol. The molecule has 0 spiro atoms. The highest BCUT2D eigenvalue weighted by Crippen LogP contribution is 2.37. The molecule has 0 bridgehead atoms. The third-order valence-corrected chi connectivity index (χ3v) is 12.7. The molecule has 190 valence electrons. The first-order chi connectivity index (χ1) is 16.5. The van der Waals surface area contributed by atoms with Gasteiger partial charge in [-0.05, 0) is 63.7 Å². The van der Waals surface area contributed by atoms with Gasteiger partial charge in [-0.2, -0.15) is 0 Å². The molecular weight excluding hydrogens is 520 g/mol. The van der Waals surface area contributed by atoms with E-state index in [1.54, 1.807) is 6.20 Å². The van der Waals surface area contributed by atoms with Gasteiger partial charge in [0.05, 0.1) is 18.3 Å². The Labute approximate surface area is 219 Å². The lowest BCUT2D eigenvalue weighted by molar-refractivity contribution is 0.0878. The summed E-state index contributed by atoms with van der Waals surface area (Å²) in [4.78, 5) is 24.1. The van der Waals surface area contributed by atoms with Crippen molar-refractivity contribution in [2.24, 2.45) is 0 Å². The lowest BCUT2D eigenvalue weighted by Crippen LogP contribution is -2.51. The second kappa shape index (κ2) is 10.7. The maximum absolute atomic E-state index is 13.3. The van der Waals surface area contributed by atoms with Gasteiger partial charge in [-0.25, -0.2) is 4.79 Å². The molecule has 2 aliphatic rings. The lowest BCUT2D eigenvalue weighted by Gasteiger charge is -2.42. The van der Waals surface area contributed by atoms with Crippen molar-refractivity contribution in [3.8, 4) is 0 Å². The Hall–Kier alpha value is -1.74. The van der Waals surface area contributed by atoms with Crippen molar-refractivity contribution in [3.05, 3.63) is 63.9 Å². The molecule has 1 saturated heterocycles. The van der Waals surface area contributed by atoms with Crippen molar-refractivity contribution < 1.29 is 9.22 Å². The number of urea groups is 1. The van der Waals surface area contributed by atoms with Crippen molar-refractivity contribution in [2.45, 2.75) is 64.5 Å². The predicted octanol–water partition coefficient (Wildman–Crippen LogP) is 5.53. The standard InChI is InChI=1S/C27H39BrN4O2Si/c1-27(2,3)35(4,5)34-25(19-30-13-12-21-8-6-7-9-22(21)17-30)20-32-15-14-31(26(32)33)18-24-11-10-23(28)16-29-24/h6-11,16,25H,12-15,17-20H2,1-5H3/t25-/m1/s1. The molecule has 8 heteroatoms. The van der Waals surface area contributed by atoms with Crippen LogP contribution in [0.4, 0.5) is 4.79 Å². The highest BCUT2D eigenvalue weighted by molar-refractivity contribution is 9.10. The second-order valence-electron chi connectivity index (χ2n) is 11.4. The molecule has 2 aromatic rings. The van der Waals surface area contributed by atoms with Gasteiger partial charge in [0, 0.05) is 49.9 Å². The van der Waals surface area contributed by atoms with E-state index in [1.807, 2.05) is 21.9 Å². The van der Waals surface area contributed by atoms with Crippen LogP contribution >= 0.6 is 15.9 Å². The Kier molecular flexibility index (Phi) is 8.05. The van der Waals surface area contributed by atoms with E-state index in [1.165, 1.54) is 11.1 Å². The summed E-state index contributed by atoms with van der Waals surface area (Å²) >= 11 is 3.43. The van der Waals surface area contributed by atoms with E-state index in [-0.39, 0.29) is 17.2 Å². The van der Waals surface area contributed by atoms with Gasteiger partial charge < -0.3 is 14.2 Å². The molecule has 0 aliphatic carbocycles. The largest absolute Gasteiger partial charge is 0.411 e. The summed E-state index contributed by atoms with van der Waals surface area (Å²) in [5, 5.41) is 0.119. The Morgan fingerprint density at radius 1 is 1.03 bits per heavy atom. The fourth-order valence-electron chi connectivity index (χ4n) is 4.61. The summed E-state index contributed by atoms with van der Waals surface area (Å²) in [5.41, 5.74) is 3.78. The van der Waals surface area contributed by atoms with Crippen LogP contribution in [0.25, 0.3) is 0 Å². The summed E-state index contributed by atoms with van der Waals surface area (Å²) in [6.07, 6.45) is 2.85. The lowest BCUT2D eigenvalue weighted by atomic mass is 10.00. The van der Waals surface area contributed by atoms with Gasteiger partial charge in [-0.15, -0.1) is 0 Å². The number of nitrogens with zero attached hydrogens (tertiary/aromatic N) is 4. The average molecular weight is 560 g/mol. The van der Waals surface area contributed by atoms with Crippen LogP contribution in [-0.2, 0) is 23.9 Å². The number of hydrogen-bond donors (Lipinski definition) is 0. The maximum Gasteiger partial charge on any atom is 0.320 e. The van der Waals surface area contributed by atoms with E-state index in [4.69, 9.17) is 4.43 Å². The summed E-state index contributed by atoms with van der Waals surface area (Å²) in [5.74, 6) is 0.